The van der Waals surface area contributed by atoms with Crippen LogP contribution in [0, 0.1) is 5.92 Å². The lowest BCUT2D eigenvalue weighted by atomic mass is 10.0. The van der Waals surface area contributed by atoms with Crippen LogP contribution in [0.25, 0.3) is 0 Å². The smallest absolute Gasteiger partial charge is 0.376 e. The molecular weight excluding hydrogens is 363 g/mol. The van der Waals surface area contributed by atoms with Crippen molar-refractivity contribution in [2.75, 3.05) is 6.54 Å². The van der Waals surface area contributed by atoms with Gasteiger partial charge in [-0.15, -0.1) is 0 Å². The first-order valence-corrected chi connectivity index (χ1v) is 8.63. The van der Waals surface area contributed by atoms with E-state index in [1.54, 1.807) is 6.08 Å². The molecule has 1 amide bonds. The maximum Gasteiger partial charge on any atom is 0.423 e. The Morgan fingerprint density at radius 1 is 1.37 bits per heavy atom. The van der Waals surface area contributed by atoms with Gasteiger partial charge in [0.15, 0.2) is 0 Å². The van der Waals surface area contributed by atoms with Crippen LogP contribution in [0.15, 0.2) is 47.5 Å². The molecule has 146 valence electrons. The predicted octanol–water partition coefficient (Wildman–Crippen LogP) is -0.0267. The lowest BCUT2D eigenvalue weighted by Crippen LogP contribution is -2.67. The van der Waals surface area contributed by atoms with Crippen LogP contribution in [0.4, 0.5) is 13.2 Å². The van der Waals surface area contributed by atoms with E-state index in [4.69, 9.17) is 5.11 Å². The van der Waals surface area contributed by atoms with E-state index in [9.17, 15) is 18.0 Å². The normalized spacial score (nSPS) is 32.9. The van der Waals surface area contributed by atoms with Gasteiger partial charge in [-0.2, -0.15) is 13.2 Å². The van der Waals surface area contributed by atoms with E-state index in [-0.39, 0.29) is 31.0 Å². The maximum atomic E-state index is 12.5. The molecule has 1 saturated heterocycles. The molecule has 27 heavy (non-hydrogen) atoms. The molecule has 7 nitrogen and oxygen atoms in total. The highest BCUT2D eigenvalue weighted by atomic mass is 19.4. The second kappa shape index (κ2) is 6.39. The van der Waals surface area contributed by atoms with Gasteiger partial charge in [-0.25, -0.2) is 0 Å². The van der Waals surface area contributed by atoms with Gasteiger partial charge >= 0.3 is 6.18 Å². The van der Waals surface area contributed by atoms with E-state index >= 15 is 0 Å². The summed E-state index contributed by atoms with van der Waals surface area (Å²) in [5.41, 5.74) is 2.23. The number of alkyl halides is 3. The minimum absolute atomic E-state index is 0.00650. The van der Waals surface area contributed by atoms with Crippen molar-refractivity contribution in [3.8, 4) is 0 Å². The molecule has 0 aromatic rings. The van der Waals surface area contributed by atoms with Crippen LogP contribution in [0.3, 0.4) is 0 Å². The summed E-state index contributed by atoms with van der Waals surface area (Å²) in [6.45, 7) is 2.02. The SMILES string of the molecule is CC1NC2NC=CC2C(NC2=CC3=CN(C(=O)[C@H](O)C(F)(F)F)CC3=C2)N1. The summed E-state index contributed by atoms with van der Waals surface area (Å²) in [6.07, 6.45) is 1.15. The molecule has 0 spiro atoms. The number of aliphatic hydroxyl groups excluding tert-OH is 1. The molecule has 4 rings (SSSR count). The molecule has 0 saturated carbocycles. The summed E-state index contributed by atoms with van der Waals surface area (Å²) in [5, 5.41) is 22.6. The van der Waals surface area contributed by atoms with Crippen LogP contribution in [0.2, 0.25) is 0 Å². The minimum atomic E-state index is -4.97. The minimum Gasteiger partial charge on any atom is -0.376 e. The number of rotatable bonds is 3. The van der Waals surface area contributed by atoms with Crippen LogP contribution in [-0.4, -0.2) is 53.2 Å². The molecule has 0 bridgehead atoms. The number of carbonyl (C=O) groups excluding carboxylic acids is 1. The fourth-order valence-corrected chi connectivity index (χ4v) is 3.72. The van der Waals surface area contributed by atoms with E-state index < -0.39 is 18.2 Å². The summed E-state index contributed by atoms with van der Waals surface area (Å²) in [4.78, 5) is 12.7. The second-order valence-electron chi connectivity index (χ2n) is 7.02. The van der Waals surface area contributed by atoms with E-state index in [1.807, 2.05) is 19.2 Å². The van der Waals surface area contributed by atoms with Crippen LogP contribution in [0.1, 0.15) is 6.92 Å². The number of hydrogen-bond acceptors (Lipinski definition) is 6. The standard InChI is InChI=1S/C17H20F3N5O2/c1-8-22-14-12(2-3-21-14)15(23-8)24-11-4-9-6-25(7-10(9)5-11)16(27)13(26)17(18,19)20/h2-6,8,12-15,21-24,26H,7H2,1H3/t8?,12?,13-,14?,15?/m0/s1. The number of allylic oxidation sites excluding steroid dienone is 2. The van der Waals surface area contributed by atoms with Crippen LogP contribution < -0.4 is 21.3 Å². The van der Waals surface area contributed by atoms with Gasteiger partial charge in [0.25, 0.3) is 5.91 Å². The molecule has 5 atom stereocenters. The molecule has 0 radical (unpaired) electrons. The van der Waals surface area contributed by atoms with Crippen molar-refractivity contribution in [3.63, 3.8) is 0 Å². The van der Waals surface area contributed by atoms with Gasteiger partial charge in [-0.1, -0.05) is 6.08 Å². The van der Waals surface area contributed by atoms with Crippen molar-refractivity contribution in [3.05, 3.63) is 47.5 Å². The summed E-state index contributed by atoms with van der Waals surface area (Å²) < 4.78 is 37.6. The summed E-state index contributed by atoms with van der Waals surface area (Å²) in [6, 6.07) is 0. The van der Waals surface area contributed by atoms with Crippen molar-refractivity contribution in [2.45, 2.75) is 37.7 Å². The summed E-state index contributed by atoms with van der Waals surface area (Å²) in [5.74, 6) is -1.18. The molecule has 0 aromatic carbocycles. The Hall–Kier alpha value is -2.30. The van der Waals surface area contributed by atoms with E-state index in [1.165, 1.54) is 6.20 Å². The Kier molecular flexibility index (Phi) is 4.28. The Labute approximate surface area is 153 Å². The fourth-order valence-electron chi connectivity index (χ4n) is 3.72. The third kappa shape index (κ3) is 3.35. The van der Waals surface area contributed by atoms with Crippen LogP contribution >= 0.6 is 0 Å². The Morgan fingerprint density at radius 3 is 2.85 bits per heavy atom. The van der Waals surface area contributed by atoms with Gasteiger partial charge in [-0.05, 0) is 36.4 Å². The van der Waals surface area contributed by atoms with Crippen molar-refractivity contribution in [1.82, 2.24) is 26.2 Å². The number of fused-ring (bicyclic) bond motifs is 2. The number of nitrogens with one attached hydrogen (secondary N) is 4. The highest BCUT2D eigenvalue weighted by Crippen LogP contribution is 2.32. The molecule has 3 aliphatic heterocycles. The molecule has 4 unspecified atom stereocenters. The zero-order chi connectivity index (χ0) is 19.3. The van der Waals surface area contributed by atoms with Crippen LogP contribution in [-0.2, 0) is 4.79 Å². The van der Waals surface area contributed by atoms with E-state index in [0.717, 1.165) is 16.2 Å². The van der Waals surface area contributed by atoms with Crippen molar-refractivity contribution >= 4 is 5.91 Å². The van der Waals surface area contributed by atoms with Crippen molar-refractivity contribution in [1.29, 1.82) is 0 Å². The van der Waals surface area contributed by atoms with Crippen LogP contribution in [0.5, 0.6) is 0 Å². The van der Waals surface area contributed by atoms with Crippen molar-refractivity contribution in [2.24, 2.45) is 5.92 Å². The zero-order valence-corrected chi connectivity index (χ0v) is 14.4. The first-order valence-electron chi connectivity index (χ1n) is 8.63. The zero-order valence-electron chi connectivity index (χ0n) is 14.4. The van der Waals surface area contributed by atoms with Gasteiger partial charge in [-0.3, -0.25) is 15.4 Å². The average molecular weight is 383 g/mol. The number of aliphatic hydroxyl groups is 1. The molecule has 4 aliphatic rings. The van der Waals surface area contributed by atoms with Gasteiger partial charge < -0.3 is 20.6 Å². The number of halogens is 3. The van der Waals surface area contributed by atoms with Gasteiger partial charge in [0.05, 0.1) is 25.0 Å². The highest BCUT2D eigenvalue weighted by molar-refractivity contribution is 5.84. The molecule has 10 heteroatoms. The lowest BCUT2D eigenvalue weighted by Gasteiger charge is -2.40. The average Bonchev–Trinajstić information content (AvgIpc) is 3.26. The molecule has 1 fully saturated rings. The summed E-state index contributed by atoms with van der Waals surface area (Å²) >= 11 is 0. The third-order valence-electron chi connectivity index (χ3n) is 5.02. The first kappa shape index (κ1) is 18.1. The number of amides is 1. The van der Waals surface area contributed by atoms with E-state index in [2.05, 4.69) is 27.3 Å². The molecule has 0 aromatic heterocycles. The predicted molar refractivity (Wildman–Crippen MR) is 90.2 cm³/mol. The summed E-state index contributed by atoms with van der Waals surface area (Å²) in [7, 11) is 0. The molecule has 5 N–H and O–H groups in total. The van der Waals surface area contributed by atoms with E-state index in [0.29, 0.717) is 5.57 Å². The Balaban J connectivity index is 1.44. The highest BCUT2D eigenvalue weighted by Gasteiger charge is 2.46. The van der Waals surface area contributed by atoms with Gasteiger partial charge in [0.1, 0.15) is 0 Å². The molecule has 1 aliphatic carbocycles. The quantitative estimate of drug-likeness (QED) is 0.471. The molecule has 3 heterocycles. The largest absolute Gasteiger partial charge is 0.423 e. The topological polar surface area (TPSA) is 88.7 Å². The number of hydrogen-bond donors (Lipinski definition) is 5. The van der Waals surface area contributed by atoms with Crippen molar-refractivity contribution < 1.29 is 23.1 Å². The lowest BCUT2D eigenvalue weighted by molar-refractivity contribution is -0.209. The first-order chi connectivity index (χ1) is 12.7. The number of carbonyl (C=O) groups is 1. The Bertz CT molecular complexity index is 773. The Morgan fingerprint density at radius 2 is 2.15 bits per heavy atom. The molecular formula is C17H20F3N5O2. The monoisotopic (exact) mass is 383 g/mol. The fraction of sp³-hybridized carbons (Fsp3) is 0.471. The van der Waals surface area contributed by atoms with Gasteiger partial charge in [0, 0.05) is 17.8 Å². The number of nitrogens with zero attached hydrogens (tertiary/aromatic N) is 1. The second-order valence-corrected chi connectivity index (χ2v) is 7.02. The van der Waals surface area contributed by atoms with Gasteiger partial charge in [0.2, 0.25) is 6.10 Å². The third-order valence-corrected chi connectivity index (χ3v) is 5.02. The maximum absolute atomic E-state index is 12.5.